The van der Waals surface area contributed by atoms with Gasteiger partial charge >= 0.3 is 5.97 Å². The molecule has 0 atom stereocenters. The molecule has 2 rings (SSSR count). The second kappa shape index (κ2) is 6.07. The topological polar surface area (TPSA) is 39.2 Å². The van der Waals surface area contributed by atoms with Crippen molar-refractivity contribution in [3.05, 3.63) is 35.5 Å². The second-order valence-electron chi connectivity index (χ2n) is 3.56. The predicted molar refractivity (Wildman–Crippen MR) is 74.1 cm³/mol. The third-order valence-electron chi connectivity index (χ3n) is 2.32. The van der Waals surface area contributed by atoms with E-state index in [1.807, 2.05) is 24.3 Å². The van der Waals surface area contributed by atoms with Gasteiger partial charge in [-0.15, -0.1) is 11.8 Å². The SMILES string of the molecule is CCOC(=O)CSc1ccnc2cc(Cl)ccc12. The molecule has 94 valence electrons. The van der Waals surface area contributed by atoms with E-state index in [0.717, 1.165) is 15.8 Å². The van der Waals surface area contributed by atoms with Crippen LogP contribution in [0.25, 0.3) is 10.9 Å². The summed E-state index contributed by atoms with van der Waals surface area (Å²) in [5, 5.41) is 1.65. The van der Waals surface area contributed by atoms with Gasteiger partial charge in [-0.05, 0) is 25.1 Å². The van der Waals surface area contributed by atoms with Crippen LogP contribution >= 0.6 is 23.4 Å². The van der Waals surface area contributed by atoms with Gasteiger partial charge in [-0.25, -0.2) is 0 Å². The van der Waals surface area contributed by atoms with E-state index in [1.54, 1.807) is 13.1 Å². The number of rotatable bonds is 4. The van der Waals surface area contributed by atoms with Crippen LogP contribution in [0.4, 0.5) is 0 Å². The molecule has 2 aromatic rings. The Labute approximate surface area is 114 Å². The van der Waals surface area contributed by atoms with Crippen LogP contribution in [0.2, 0.25) is 5.02 Å². The van der Waals surface area contributed by atoms with E-state index in [1.165, 1.54) is 11.8 Å². The van der Waals surface area contributed by atoms with Gasteiger partial charge < -0.3 is 4.74 Å². The molecule has 18 heavy (non-hydrogen) atoms. The van der Waals surface area contributed by atoms with Crippen LogP contribution in [-0.2, 0) is 9.53 Å². The Morgan fingerprint density at radius 2 is 2.28 bits per heavy atom. The number of ether oxygens (including phenoxy) is 1. The van der Waals surface area contributed by atoms with Crippen LogP contribution in [-0.4, -0.2) is 23.3 Å². The van der Waals surface area contributed by atoms with E-state index < -0.39 is 0 Å². The van der Waals surface area contributed by atoms with Gasteiger partial charge in [-0.1, -0.05) is 17.7 Å². The van der Waals surface area contributed by atoms with Crippen LogP contribution in [0, 0.1) is 0 Å². The molecule has 0 unspecified atom stereocenters. The second-order valence-corrected chi connectivity index (χ2v) is 5.02. The fraction of sp³-hybridized carbons (Fsp3) is 0.231. The first kappa shape index (κ1) is 13.2. The molecule has 0 spiro atoms. The Balaban J connectivity index is 2.20. The highest BCUT2D eigenvalue weighted by molar-refractivity contribution is 8.00. The minimum absolute atomic E-state index is 0.207. The Morgan fingerprint density at radius 3 is 3.06 bits per heavy atom. The van der Waals surface area contributed by atoms with Crippen molar-refractivity contribution in [1.29, 1.82) is 0 Å². The quantitative estimate of drug-likeness (QED) is 0.635. The molecule has 0 radical (unpaired) electrons. The van der Waals surface area contributed by atoms with Gasteiger partial charge in [0.2, 0.25) is 0 Å². The summed E-state index contributed by atoms with van der Waals surface area (Å²) in [5.74, 6) is 0.0942. The highest BCUT2D eigenvalue weighted by atomic mass is 35.5. The number of fused-ring (bicyclic) bond motifs is 1. The normalized spacial score (nSPS) is 10.6. The van der Waals surface area contributed by atoms with Crippen LogP contribution in [0.3, 0.4) is 0 Å². The van der Waals surface area contributed by atoms with Crippen LogP contribution in [0.5, 0.6) is 0 Å². The van der Waals surface area contributed by atoms with Crippen LogP contribution in [0.1, 0.15) is 6.92 Å². The number of carbonyl (C=O) groups is 1. The lowest BCUT2D eigenvalue weighted by molar-refractivity contribution is -0.139. The summed E-state index contributed by atoms with van der Waals surface area (Å²) in [6, 6.07) is 7.43. The summed E-state index contributed by atoms with van der Waals surface area (Å²) in [5.41, 5.74) is 0.830. The average Bonchev–Trinajstić information content (AvgIpc) is 2.36. The summed E-state index contributed by atoms with van der Waals surface area (Å²) in [6.07, 6.45) is 1.71. The van der Waals surface area contributed by atoms with Crippen molar-refractivity contribution < 1.29 is 9.53 Å². The lowest BCUT2D eigenvalue weighted by atomic mass is 10.2. The summed E-state index contributed by atoms with van der Waals surface area (Å²) in [4.78, 5) is 16.6. The van der Waals surface area contributed by atoms with Crippen molar-refractivity contribution in [3.63, 3.8) is 0 Å². The third-order valence-corrected chi connectivity index (χ3v) is 3.60. The average molecular weight is 282 g/mol. The van der Waals surface area contributed by atoms with Gasteiger partial charge in [0.25, 0.3) is 0 Å². The summed E-state index contributed by atoms with van der Waals surface area (Å²) < 4.78 is 4.90. The largest absolute Gasteiger partial charge is 0.465 e. The fourth-order valence-corrected chi connectivity index (χ4v) is 2.57. The van der Waals surface area contributed by atoms with Crippen molar-refractivity contribution >= 4 is 40.2 Å². The molecule has 0 fully saturated rings. The fourth-order valence-electron chi connectivity index (χ4n) is 1.56. The maximum Gasteiger partial charge on any atom is 0.316 e. The molecule has 0 saturated carbocycles. The minimum Gasteiger partial charge on any atom is -0.465 e. The highest BCUT2D eigenvalue weighted by Crippen LogP contribution is 2.28. The maximum absolute atomic E-state index is 11.3. The molecular weight excluding hydrogens is 270 g/mol. The number of halogens is 1. The van der Waals surface area contributed by atoms with Crippen LogP contribution in [0.15, 0.2) is 35.4 Å². The molecule has 1 aromatic heterocycles. The van der Waals surface area contributed by atoms with Crippen molar-refractivity contribution in [2.45, 2.75) is 11.8 Å². The molecule has 0 bridgehead atoms. The van der Waals surface area contributed by atoms with Crippen molar-refractivity contribution in [3.8, 4) is 0 Å². The van der Waals surface area contributed by atoms with E-state index in [4.69, 9.17) is 16.3 Å². The number of nitrogens with zero attached hydrogens (tertiary/aromatic N) is 1. The Morgan fingerprint density at radius 1 is 1.44 bits per heavy atom. The highest BCUT2D eigenvalue weighted by Gasteiger charge is 2.07. The first-order valence-corrected chi connectivity index (χ1v) is 6.89. The zero-order chi connectivity index (χ0) is 13.0. The number of aromatic nitrogens is 1. The zero-order valence-electron chi connectivity index (χ0n) is 9.85. The standard InChI is InChI=1S/C13H12ClNO2S/c1-2-17-13(16)8-18-12-5-6-15-11-7-9(14)3-4-10(11)12/h3-7H,2,8H2,1H3. The molecule has 3 nitrogen and oxygen atoms in total. The summed E-state index contributed by atoms with van der Waals surface area (Å²) >= 11 is 7.37. The third kappa shape index (κ3) is 3.15. The number of benzene rings is 1. The van der Waals surface area contributed by atoms with Crippen molar-refractivity contribution in [2.24, 2.45) is 0 Å². The van der Waals surface area contributed by atoms with Crippen molar-refractivity contribution in [2.75, 3.05) is 12.4 Å². The number of esters is 1. The monoisotopic (exact) mass is 281 g/mol. The van der Waals surface area contributed by atoms with Gasteiger partial charge in [-0.3, -0.25) is 9.78 Å². The lowest BCUT2D eigenvalue weighted by Gasteiger charge is -2.05. The zero-order valence-corrected chi connectivity index (χ0v) is 11.4. The van der Waals surface area contributed by atoms with Gasteiger partial charge in [-0.2, -0.15) is 0 Å². The number of pyridine rings is 1. The molecule has 0 saturated heterocycles. The van der Waals surface area contributed by atoms with Gasteiger partial charge in [0, 0.05) is 21.5 Å². The smallest absolute Gasteiger partial charge is 0.316 e. The molecule has 0 aliphatic carbocycles. The van der Waals surface area contributed by atoms with Crippen molar-refractivity contribution in [1.82, 2.24) is 4.98 Å². The number of hydrogen-bond acceptors (Lipinski definition) is 4. The van der Waals surface area contributed by atoms with Gasteiger partial charge in [0.15, 0.2) is 0 Å². The predicted octanol–water partition coefficient (Wildman–Crippen LogP) is 3.54. The Hall–Kier alpha value is -1.26. The number of carbonyl (C=O) groups excluding carboxylic acids is 1. The number of hydrogen-bond donors (Lipinski definition) is 0. The van der Waals surface area contributed by atoms with E-state index in [2.05, 4.69) is 4.98 Å². The van der Waals surface area contributed by atoms with E-state index >= 15 is 0 Å². The molecule has 0 amide bonds. The van der Waals surface area contributed by atoms with Crippen LogP contribution < -0.4 is 0 Å². The maximum atomic E-state index is 11.3. The molecule has 0 N–H and O–H groups in total. The first-order valence-electron chi connectivity index (χ1n) is 5.53. The Bertz CT molecular complexity index is 574. The lowest BCUT2D eigenvalue weighted by Crippen LogP contribution is -2.06. The molecule has 0 aliphatic rings. The number of thioether (sulfide) groups is 1. The molecular formula is C13H12ClNO2S. The molecule has 1 heterocycles. The summed E-state index contributed by atoms with van der Waals surface area (Å²) in [6.45, 7) is 2.21. The van der Waals surface area contributed by atoms with Gasteiger partial charge in [0.05, 0.1) is 17.9 Å². The van der Waals surface area contributed by atoms with Gasteiger partial charge in [0.1, 0.15) is 0 Å². The van der Waals surface area contributed by atoms with E-state index in [0.29, 0.717) is 17.4 Å². The molecule has 5 heteroatoms. The minimum atomic E-state index is -0.207. The summed E-state index contributed by atoms with van der Waals surface area (Å²) in [7, 11) is 0. The van der Waals surface area contributed by atoms with E-state index in [9.17, 15) is 4.79 Å². The van der Waals surface area contributed by atoms with E-state index in [-0.39, 0.29) is 5.97 Å². The molecule has 1 aromatic carbocycles. The first-order chi connectivity index (χ1) is 8.70. The molecule has 0 aliphatic heterocycles. The Kier molecular flexibility index (Phi) is 4.44.